The molecule has 0 saturated carbocycles. The van der Waals surface area contributed by atoms with Crippen LogP contribution in [0.15, 0.2) is 72.1 Å². The molecule has 0 bridgehead atoms. The maximum Gasteiger partial charge on any atom is 0.307 e. The summed E-state index contributed by atoms with van der Waals surface area (Å²) >= 11 is 0. The fourth-order valence-corrected chi connectivity index (χ4v) is 5.21. The quantitative estimate of drug-likeness (QED) is 0.647. The maximum atomic E-state index is 13.1. The number of ether oxygens (including phenoxy) is 1. The number of imidazole rings is 1. The summed E-state index contributed by atoms with van der Waals surface area (Å²) in [6.45, 7) is 0. The van der Waals surface area contributed by atoms with Crippen LogP contribution >= 0.6 is 0 Å². The lowest BCUT2D eigenvalue weighted by molar-refractivity contribution is -0.141. The predicted octanol–water partition coefficient (Wildman–Crippen LogP) is 2.69. The number of rotatable bonds is 4. The smallest absolute Gasteiger partial charge is 0.307 e. The van der Waals surface area contributed by atoms with Gasteiger partial charge in [-0.3, -0.25) is 9.10 Å². The van der Waals surface area contributed by atoms with Gasteiger partial charge in [-0.15, -0.1) is 0 Å². The molecule has 0 saturated heterocycles. The zero-order valence-electron chi connectivity index (χ0n) is 14.5. The van der Waals surface area contributed by atoms with Crippen molar-refractivity contribution in [1.29, 1.82) is 0 Å². The summed E-state index contributed by atoms with van der Waals surface area (Å²) in [5, 5.41) is 0. The minimum atomic E-state index is -3.76. The van der Waals surface area contributed by atoms with Crippen LogP contribution in [0.4, 0.5) is 5.69 Å². The number of benzene rings is 2. The molecule has 2 heterocycles. The topological polar surface area (TPSA) is 81.5 Å². The molecule has 0 fully saturated rings. The zero-order valence-corrected chi connectivity index (χ0v) is 15.3. The van der Waals surface area contributed by atoms with Gasteiger partial charge in [0.25, 0.3) is 10.0 Å². The van der Waals surface area contributed by atoms with E-state index in [0.29, 0.717) is 11.3 Å². The number of aromatic nitrogens is 2. The predicted molar refractivity (Wildman–Crippen MR) is 99.0 cm³/mol. The van der Waals surface area contributed by atoms with Crippen LogP contribution in [0.5, 0.6) is 0 Å². The maximum absolute atomic E-state index is 13.1. The summed E-state index contributed by atoms with van der Waals surface area (Å²) in [5.74, 6) is -0.466. The number of carbonyl (C=O) groups excluding carboxylic acids is 1. The van der Waals surface area contributed by atoms with Crippen LogP contribution in [0.1, 0.15) is 18.0 Å². The van der Waals surface area contributed by atoms with E-state index in [4.69, 9.17) is 4.74 Å². The minimum absolute atomic E-state index is 0.0595. The molecule has 2 aromatic carbocycles. The fourth-order valence-electron chi connectivity index (χ4n) is 3.33. The van der Waals surface area contributed by atoms with Gasteiger partial charge in [-0.1, -0.05) is 18.2 Å². The Hall–Kier alpha value is -3.13. The molecule has 0 spiro atoms. The Bertz CT molecular complexity index is 1080. The Morgan fingerprint density at radius 3 is 2.48 bits per heavy atom. The Morgan fingerprint density at radius 2 is 1.81 bits per heavy atom. The van der Waals surface area contributed by atoms with Crippen LogP contribution in [-0.4, -0.2) is 31.0 Å². The SMILES string of the molecule is COC(=O)CC1c2ccccc2S(=O)(=O)N1c1ccc(-n2ccnc2)cc1. The monoisotopic (exact) mass is 383 g/mol. The molecule has 0 aliphatic carbocycles. The molecular weight excluding hydrogens is 366 g/mol. The first-order valence-electron chi connectivity index (χ1n) is 8.31. The van der Waals surface area contributed by atoms with E-state index in [1.165, 1.54) is 11.4 Å². The Kier molecular flexibility index (Phi) is 4.19. The molecule has 8 heteroatoms. The molecule has 1 atom stereocenters. The lowest BCUT2D eigenvalue weighted by atomic mass is 10.0. The van der Waals surface area contributed by atoms with Crippen molar-refractivity contribution in [2.75, 3.05) is 11.4 Å². The van der Waals surface area contributed by atoms with E-state index < -0.39 is 22.0 Å². The largest absolute Gasteiger partial charge is 0.469 e. The summed E-state index contributed by atoms with van der Waals surface area (Å²) in [5.41, 5.74) is 1.94. The second-order valence-electron chi connectivity index (χ2n) is 6.12. The van der Waals surface area contributed by atoms with Crippen molar-refractivity contribution < 1.29 is 17.9 Å². The van der Waals surface area contributed by atoms with Crippen molar-refractivity contribution in [2.24, 2.45) is 0 Å². The standard InChI is InChI=1S/C19H17N3O4S/c1-26-19(23)12-17-16-4-2-3-5-18(16)27(24,25)22(17)15-8-6-14(7-9-15)21-11-10-20-13-21/h2-11,13,17H,12H2,1H3. The number of carbonyl (C=O) groups is 1. The summed E-state index contributed by atoms with van der Waals surface area (Å²) < 4.78 is 34.2. The number of methoxy groups -OCH3 is 1. The highest BCUT2D eigenvalue weighted by Crippen LogP contribution is 2.44. The van der Waals surface area contributed by atoms with Gasteiger partial charge < -0.3 is 9.30 Å². The second-order valence-corrected chi connectivity index (χ2v) is 7.90. The third-order valence-electron chi connectivity index (χ3n) is 4.59. The van der Waals surface area contributed by atoms with Crippen LogP contribution in [-0.2, 0) is 19.6 Å². The summed E-state index contributed by atoms with van der Waals surface area (Å²) in [6, 6.07) is 13.2. The van der Waals surface area contributed by atoms with Crippen molar-refractivity contribution >= 4 is 21.7 Å². The van der Waals surface area contributed by atoms with Crippen LogP contribution < -0.4 is 4.31 Å². The van der Waals surface area contributed by atoms with E-state index in [0.717, 1.165) is 5.69 Å². The number of nitrogens with zero attached hydrogens (tertiary/aromatic N) is 3. The number of fused-ring (bicyclic) bond motifs is 1. The molecule has 3 aromatic rings. The van der Waals surface area contributed by atoms with E-state index in [-0.39, 0.29) is 11.3 Å². The van der Waals surface area contributed by atoms with Gasteiger partial charge in [-0.25, -0.2) is 13.4 Å². The van der Waals surface area contributed by atoms with Gasteiger partial charge in [0.2, 0.25) is 0 Å². The average molecular weight is 383 g/mol. The van der Waals surface area contributed by atoms with Crippen LogP contribution in [0.2, 0.25) is 0 Å². The highest BCUT2D eigenvalue weighted by atomic mass is 32.2. The Labute approximate surface area is 156 Å². The van der Waals surface area contributed by atoms with E-state index in [1.54, 1.807) is 55.1 Å². The first-order chi connectivity index (χ1) is 13.0. The van der Waals surface area contributed by atoms with Gasteiger partial charge in [0.15, 0.2) is 0 Å². The van der Waals surface area contributed by atoms with Crippen molar-refractivity contribution in [3.8, 4) is 5.69 Å². The molecule has 0 N–H and O–H groups in total. The Morgan fingerprint density at radius 1 is 1.11 bits per heavy atom. The molecular formula is C19H17N3O4S. The average Bonchev–Trinajstić information content (AvgIpc) is 3.28. The number of hydrogen-bond acceptors (Lipinski definition) is 5. The molecule has 1 unspecified atom stereocenters. The molecule has 0 amide bonds. The van der Waals surface area contributed by atoms with Gasteiger partial charge in [0.1, 0.15) is 0 Å². The van der Waals surface area contributed by atoms with Crippen molar-refractivity contribution in [1.82, 2.24) is 9.55 Å². The van der Waals surface area contributed by atoms with Gasteiger partial charge in [-0.05, 0) is 35.9 Å². The number of hydrogen-bond donors (Lipinski definition) is 0. The highest BCUT2D eigenvalue weighted by Gasteiger charge is 2.43. The van der Waals surface area contributed by atoms with E-state index in [1.807, 2.05) is 16.7 Å². The zero-order chi connectivity index (χ0) is 19.0. The normalized spacial score (nSPS) is 17.5. The molecule has 7 nitrogen and oxygen atoms in total. The van der Waals surface area contributed by atoms with Crippen molar-refractivity contribution in [2.45, 2.75) is 17.4 Å². The van der Waals surface area contributed by atoms with Crippen LogP contribution in [0.3, 0.4) is 0 Å². The summed E-state index contributed by atoms with van der Waals surface area (Å²) in [4.78, 5) is 16.1. The molecule has 27 heavy (non-hydrogen) atoms. The number of anilines is 1. The van der Waals surface area contributed by atoms with E-state index >= 15 is 0 Å². The molecule has 4 rings (SSSR count). The lowest BCUT2D eigenvalue weighted by Crippen LogP contribution is -2.29. The minimum Gasteiger partial charge on any atom is -0.469 e. The molecule has 1 aliphatic heterocycles. The third kappa shape index (κ3) is 2.87. The van der Waals surface area contributed by atoms with Gasteiger partial charge in [0.05, 0.1) is 36.5 Å². The molecule has 0 radical (unpaired) electrons. The first-order valence-corrected chi connectivity index (χ1v) is 9.75. The molecule has 1 aromatic heterocycles. The van der Waals surface area contributed by atoms with Crippen LogP contribution in [0.25, 0.3) is 5.69 Å². The fraction of sp³-hybridized carbons (Fsp3) is 0.158. The summed E-state index contributed by atoms with van der Waals surface area (Å²) in [6.07, 6.45) is 5.08. The van der Waals surface area contributed by atoms with E-state index in [2.05, 4.69) is 4.98 Å². The highest BCUT2D eigenvalue weighted by molar-refractivity contribution is 7.93. The van der Waals surface area contributed by atoms with Gasteiger partial charge in [0, 0.05) is 18.1 Å². The molecule has 138 valence electrons. The second kappa shape index (κ2) is 6.55. The first kappa shape index (κ1) is 17.3. The molecule has 1 aliphatic rings. The van der Waals surface area contributed by atoms with E-state index in [9.17, 15) is 13.2 Å². The lowest BCUT2D eigenvalue weighted by Gasteiger charge is -2.25. The summed E-state index contributed by atoms with van der Waals surface area (Å²) in [7, 11) is -2.47. The van der Waals surface area contributed by atoms with Gasteiger partial charge >= 0.3 is 5.97 Å². The third-order valence-corrected chi connectivity index (χ3v) is 6.50. The number of esters is 1. The number of sulfonamides is 1. The van der Waals surface area contributed by atoms with Crippen LogP contribution in [0, 0.1) is 0 Å². The van der Waals surface area contributed by atoms with Crippen molar-refractivity contribution in [3.63, 3.8) is 0 Å². The van der Waals surface area contributed by atoms with Crippen molar-refractivity contribution in [3.05, 3.63) is 72.8 Å². The van der Waals surface area contributed by atoms with Gasteiger partial charge in [-0.2, -0.15) is 0 Å². The Balaban J connectivity index is 1.78.